The second-order valence-electron chi connectivity index (χ2n) is 4.26. The van der Waals surface area contributed by atoms with E-state index in [1.54, 1.807) is 11.3 Å². The Morgan fingerprint density at radius 3 is 2.75 bits per heavy atom. The molecule has 4 nitrogen and oxygen atoms in total. The van der Waals surface area contributed by atoms with Crippen molar-refractivity contribution in [3.63, 3.8) is 0 Å². The zero-order valence-corrected chi connectivity index (χ0v) is 10.8. The van der Waals surface area contributed by atoms with Gasteiger partial charge in [0.05, 0.1) is 17.2 Å². The standard InChI is InChI=1S/C11H18N4S/c1-7-10(16-8(2)14-7)6-13-11(12)15(3)9-4-5-9/h9H,4-6H2,1-3H3,(H2,12,13). The molecule has 0 amide bonds. The summed E-state index contributed by atoms with van der Waals surface area (Å²) in [7, 11) is 2.02. The highest BCUT2D eigenvalue weighted by Crippen LogP contribution is 2.25. The number of aryl methyl sites for hydroxylation is 2. The van der Waals surface area contributed by atoms with Gasteiger partial charge < -0.3 is 10.6 Å². The summed E-state index contributed by atoms with van der Waals surface area (Å²) in [6.45, 7) is 4.69. The first-order valence-corrected chi connectivity index (χ1v) is 6.35. The number of rotatable bonds is 3. The molecule has 1 saturated carbocycles. The van der Waals surface area contributed by atoms with Crippen LogP contribution < -0.4 is 5.73 Å². The quantitative estimate of drug-likeness (QED) is 0.644. The Bertz CT molecular complexity index is 406. The molecule has 16 heavy (non-hydrogen) atoms. The molecule has 0 unspecified atom stereocenters. The molecule has 1 fully saturated rings. The van der Waals surface area contributed by atoms with Crippen LogP contribution in [0.5, 0.6) is 0 Å². The summed E-state index contributed by atoms with van der Waals surface area (Å²) in [4.78, 5) is 12.1. The molecular weight excluding hydrogens is 220 g/mol. The van der Waals surface area contributed by atoms with Crippen LogP contribution in [0.4, 0.5) is 0 Å². The van der Waals surface area contributed by atoms with Crippen LogP contribution in [0.15, 0.2) is 4.99 Å². The van der Waals surface area contributed by atoms with E-state index < -0.39 is 0 Å². The Balaban J connectivity index is 1.99. The highest BCUT2D eigenvalue weighted by Gasteiger charge is 2.27. The lowest BCUT2D eigenvalue weighted by Crippen LogP contribution is -2.35. The number of hydrogen-bond acceptors (Lipinski definition) is 3. The topological polar surface area (TPSA) is 54.5 Å². The summed E-state index contributed by atoms with van der Waals surface area (Å²) < 4.78 is 0. The maximum absolute atomic E-state index is 5.92. The van der Waals surface area contributed by atoms with Crippen LogP contribution in [-0.2, 0) is 6.54 Å². The molecule has 2 rings (SSSR count). The summed E-state index contributed by atoms with van der Waals surface area (Å²) in [5.74, 6) is 0.646. The van der Waals surface area contributed by atoms with E-state index in [1.807, 2.05) is 20.9 Å². The molecule has 0 atom stereocenters. The molecule has 1 aromatic heterocycles. The third-order valence-electron chi connectivity index (χ3n) is 2.84. The molecule has 0 bridgehead atoms. The predicted molar refractivity (Wildman–Crippen MR) is 67.7 cm³/mol. The number of nitrogens with two attached hydrogens (primary N) is 1. The van der Waals surface area contributed by atoms with Gasteiger partial charge in [-0.05, 0) is 26.7 Å². The second-order valence-corrected chi connectivity index (χ2v) is 5.55. The average molecular weight is 238 g/mol. The number of aliphatic imine (C=N–C) groups is 1. The Hall–Kier alpha value is -1.10. The fourth-order valence-corrected chi connectivity index (χ4v) is 2.50. The highest BCUT2D eigenvalue weighted by molar-refractivity contribution is 7.11. The van der Waals surface area contributed by atoms with Crippen LogP contribution in [0.1, 0.15) is 28.4 Å². The van der Waals surface area contributed by atoms with E-state index in [0.29, 0.717) is 18.5 Å². The largest absolute Gasteiger partial charge is 0.370 e. The minimum atomic E-state index is 0.619. The first-order chi connectivity index (χ1) is 7.58. The van der Waals surface area contributed by atoms with Crippen LogP contribution in [-0.4, -0.2) is 28.9 Å². The predicted octanol–water partition coefficient (Wildman–Crippen LogP) is 1.67. The number of aromatic nitrogens is 1. The van der Waals surface area contributed by atoms with Crippen LogP contribution in [0.3, 0.4) is 0 Å². The molecular formula is C11H18N4S. The van der Waals surface area contributed by atoms with Crippen molar-refractivity contribution in [3.05, 3.63) is 15.6 Å². The molecule has 1 aliphatic carbocycles. The lowest BCUT2D eigenvalue weighted by molar-refractivity contribution is 0.487. The zero-order valence-electron chi connectivity index (χ0n) is 10.0. The summed E-state index contributed by atoms with van der Waals surface area (Å²) in [6, 6.07) is 0.619. The van der Waals surface area contributed by atoms with Gasteiger partial charge in [-0.25, -0.2) is 9.98 Å². The average Bonchev–Trinajstić information content (AvgIpc) is 3.01. The molecule has 0 spiro atoms. The third-order valence-corrected chi connectivity index (χ3v) is 3.90. The minimum Gasteiger partial charge on any atom is -0.370 e. The highest BCUT2D eigenvalue weighted by atomic mass is 32.1. The second kappa shape index (κ2) is 4.41. The van der Waals surface area contributed by atoms with Crippen molar-refractivity contribution in [2.75, 3.05) is 7.05 Å². The van der Waals surface area contributed by atoms with Crippen molar-refractivity contribution in [2.24, 2.45) is 10.7 Å². The molecule has 88 valence electrons. The summed E-state index contributed by atoms with van der Waals surface area (Å²) >= 11 is 1.70. The zero-order chi connectivity index (χ0) is 11.7. The first kappa shape index (κ1) is 11.4. The molecule has 0 radical (unpaired) electrons. The van der Waals surface area contributed by atoms with Crippen molar-refractivity contribution in [1.82, 2.24) is 9.88 Å². The molecule has 0 aromatic carbocycles. The number of thiazole rings is 1. The molecule has 1 aromatic rings. The van der Waals surface area contributed by atoms with Gasteiger partial charge in [-0.2, -0.15) is 0 Å². The van der Waals surface area contributed by atoms with E-state index in [2.05, 4.69) is 14.9 Å². The SMILES string of the molecule is Cc1nc(C)c(CN=C(N)N(C)C2CC2)s1. The third kappa shape index (κ3) is 2.52. The smallest absolute Gasteiger partial charge is 0.191 e. The van der Waals surface area contributed by atoms with Crippen LogP contribution in [0.25, 0.3) is 0 Å². The molecule has 2 N–H and O–H groups in total. The first-order valence-electron chi connectivity index (χ1n) is 5.53. The maximum atomic E-state index is 5.92. The fourth-order valence-electron chi connectivity index (χ4n) is 1.63. The van der Waals surface area contributed by atoms with E-state index >= 15 is 0 Å². The van der Waals surface area contributed by atoms with Crippen LogP contribution >= 0.6 is 11.3 Å². The van der Waals surface area contributed by atoms with Crippen molar-refractivity contribution >= 4 is 17.3 Å². The molecule has 0 aliphatic heterocycles. The fraction of sp³-hybridized carbons (Fsp3) is 0.636. The van der Waals surface area contributed by atoms with Crippen LogP contribution in [0, 0.1) is 13.8 Å². The number of guanidine groups is 1. The van der Waals surface area contributed by atoms with Gasteiger partial charge in [-0.15, -0.1) is 11.3 Å². The van der Waals surface area contributed by atoms with E-state index in [9.17, 15) is 0 Å². The summed E-state index contributed by atoms with van der Waals surface area (Å²) in [6.07, 6.45) is 2.48. The van der Waals surface area contributed by atoms with Gasteiger partial charge in [-0.1, -0.05) is 0 Å². The van der Waals surface area contributed by atoms with Gasteiger partial charge in [0, 0.05) is 18.0 Å². The van der Waals surface area contributed by atoms with Crippen molar-refractivity contribution in [2.45, 2.75) is 39.3 Å². The van der Waals surface area contributed by atoms with E-state index in [1.165, 1.54) is 17.7 Å². The van der Waals surface area contributed by atoms with Crippen molar-refractivity contribution < 1.29 is 0 Å². The lowest BCUT2D eigenvalue weighted by Gasteiger charge is -2.16. The van der Waals surface area contributed by atoms with Gasteiger partial charge in [0.25, 0.3) is 0 Å². The van der Waals surface area contributed by atoms with Gasteiger partial charge in [0.15, 0.2) is 5.96 Å². The normalized spacial score (nSPS) is 16.6. The molecule has 0 saturated heterocycles. The summed E-state index contributed by atoms with van der Waals surface area (Å²) in [5.41, 5.74) is 7.00. The number of nitrogens with zero attached hydrogens (tertiary/aromatic N) is 3. The molecule has 1 heterocycles. The van der Waals surface area contributed by atoms with Gasteiger partial charge >= 0.3 is 0 Å². The Morgan fingerprint density at radius 1 is 1.56 bits per heavy atom. The number of hydrogen-bond donors (Lipinski definition) is 1. The van der Waals surface area contributed by atoms with E-state index in [0.717, 1.165) is 10.7 Å². The lowest BCUT2D eigenvalue weighted by atomic mass is 10.4. The monoisotopic (exact) mass is 238 g/mol. The van der Waals surface area contributed by atoms with Gasteiger partial charge in [0.2, 0.25) is 0 Å². The minimum absolute atomic E-state index is 0.619. The molecule has 5 heteroatoms. The van der Waals surface area contributed by atoms with E-state index in [4.69, 9.17) is 5.73 Å². The Morgan fingerprint density at radius 2 is 2.25 bits per heavy atom. The van der Waals surface area contributed by atoms with E-state index in [-0.39, 0.29) is 0 Å². The Kier molecular flexibility index (Phi) is 3.14. The Labute approximate surface area is 100 Å². The summed E-state index contributed by atoms with van der Waals surface area (Å²) in [5, 5.41) is 1.09. The maximum Gasteiger partial charge on any atom is 0.191 e. The van der Waals surface area contributed by atoms with Gasteiger partial charge in [0.1, 0.15) is 0 Å². The van der Waals surface area contributed by atoms with Crippen molar-refractivity contribution in [1.29, 1.82) is 0 Å². The molecule has 1 aliphatic rings. The van der Waals surface area contributed by atoms with Crippen molar-refractivity contribution in [3.8, 4) is 0 Å². The van der Waals surface area contributed by atoms with Crippen LogP contribution in [0.2, 0.25) is 0 Å². The van der Waals surface area contributed by atoms with Gasteiger partial charge in [-0.3, -0.25) is 0 Å².